The molecule has 1 fully saturated rings. The lowest BCUT2D eigenvalue weighted by Crippen LogP contribution is -2.33. The van der Waals surface area contributed by atoms with Gasteiger partial charge in [-0.3, -0.25) is 0 Å². The van der Waals surface area contributed by atoms with Gasteiger partial charge in [-0.15, -0.1) is 0 Å². The molecule has 2 atom stereocenters. The molecule has 1 saturated carbocycles. The Labute approximate surface area is 117 Å². The third-order valence-corrected chi connectivity index (χ3v) is 5.87. The zero-order valence-electron chi connectivity index (χ0n) is 9.97. The molecule has 1 aliphatic rings. The maximum Gasteiger partial charge on any atom is 0.240 e. The number of sulfonamides is 1. The molecule has 4 nitrogen and oxygen atoms in total. The molecule has 0 saturated heterocycles. The van der Waals surface area contributed by atoms with E-state index in [1.807, 2.05) is 0 Å². The van der Waals surface area contributed by atoms with Crippen LogP contribution in [0.2, 0.25) is 5.15 Å². The summed E-state index contributed by atoms with van der Waals surface area (Å²) >= 11 is 7.50. The molecule has 2 unspecified atom stereocenters. The summed E-state index contributed by atoms with van der Waals surface area (Å²) in [4.78, 5) is 3.96. The van der Waals surface area contributed by atoms with Crippen LogP contribution >= 0.6 is 23.4 Å². The van der Waals surface area contributed by atoms with Crippen molar-refractivity contribution in [3.05, 3.63) is 23.5 Å². The van der Waals surface area contributed by atoms with Crippen LogP contribution < -0.4 is 4.72 Å². The van der Waals surface area contributed by atoms with Gasteiger partial charge in [-0.2, -0.15) is 11.8 Å². The number of aromatic nitrogens is 1. The predicted molar refractivity (Wildman–Crippen MR) is 74.5 cm³/mol. The molecule has 18 heavy (non-hydrogen) atoms. The van der Waals surface area contributed by atoms with E-state index in [1.165, 1.54) is 18.3 Å². The lowest BCUT2D eigenvalue weighted by Gasteiger charge is -2.13. The van der Waals surface area contributed by atoms with Gasteiger partial charge in [0.2, 0.25) is 10.0 Å². The quantitative estimate of drug-likeness (QED) is 0.867. The van der Waals surface area contributed by atoms with Gasteiger partial charge >= 0.3 is 0 Å². The Kier molecular flexibility index (Phi) is 4.53. The van der Waals surface area contributed by atoms with Crippen LogP contribution in [-0.2, 0) is 10.0 Å². The number of hydrogen-bond acceptors (Lipinski definition) is 4. The molecule has 1 aromatic heterocycles. The molecule has 0 aliphatic heterocycles. The maximum absolute atomic E-state index is 12.1. The highest BCUT2D eigenvalue weighted by Crippen LogP contribution is 2.29. The molecule has 0 spiro atoms. The topological polar surface area (TPSA) is 59.1 Å². The Morgan fingerprint density at radius 3 is 2.89 bits per heavy atom. The molecule has 100 valence electrons. The molecular formula is C11H15ClN2O2S2. The molecule has 0 amide bonds. The molecule has 7 heteroatoms. The maximum atomic E-state index is 12.1. The molecule has 0 aromatic carbocycles. The number of hydrogen-bond donors (Lipinski definition) is 1. The lowest BCUT2D eigenvalue weighted by atomic mass is 10.3. The van der Waals surface area contributed by atoms with Gasteiger partial charge in [-0.25, -0.2) is 18.1 Å². The van der Waals surface area contributed by atoms with Crippen molar-refractivity contribution in [2.24, 2.45) is 0 Å². The smallest absolute Gasteiger partial charge is 0.240 e. The third-order valence-electron chi connectivity index (χ3n) is 3.05. The second kappa shape index (κ2) is 5.77. The molecule has 0 radical (unpaired) electrons. The molecule has 1 aromatic rings. The minimum atomic E-state index is -3.48. The van der Waals surface area contributed by atoms with E-state index in [1.54, 1.807) is 11.8 Å². The molecule has 0 bridgehead atoms. The number of halogens is 1. The second-order valence-corrected chi connectivity index (χ2v) is 7.54. The highest BCUT2D eigenvalue weighted by Gasteiger charge is 2.28. The zero-order valence-corrected chi connectivity index (χ0v) is 12.4. The number of rotatable bonds is 4. The van der Waals surface area contributed by atoms with Crippen molar-refractivity contribution in [1.82, 2.24) is 9.71 Å². The van der Waals surface area contributed by atoms with Crippen LogP contribution in [0.1, 0.15) is 19.3 Å². The van der Waals surface area contributed by atoms with E-state index < -0.39 is 10.0 Å². The monoisotopic (exact) mass is 306 g/mol. The third kappa shape index (κ3) is 3.38. The summed E-state index contributed by atoms with van der Waals surface area (Å²) in [5.41, 5.74) is 0. The summed E-state index contributed by atoms with van der Waals surface area (Å²) in [5.74, 6) is 0. The molecule has 1 heterocycles. The van der Waals surface area contributed by atoms with Crippen LogP contribution in [0.25, 0.3) is 0 Å². The SMILES string of the molecule is CSC1CCC(NS(=O)(=O)c2ccnc(Cl)c2)C1. The largest absolute Gasteiger partial charge is 0.244 e. The first-order valence-electron chi connectivity index (χ1n) is 5.68. The van der Waals surface area contributed by atoms with Crippen molar-refractivity contribution >= 4 is 33.4 Å². The van der Waals surface area contributed by atoms with Crippen molar-refractivity contribution < 1.29 is 8.42 Å². The van der Waals surface area contributed by atoms with E-state index in [0.29, 0.717) is 5.25 Å². The van der Waals surface area contributed by atoms with Gasteiger partial charge < -0.3 is 0 Å². The van der Waals surface area contributed by atoms with E-state index in [4.69, 9.17) is 11.6 Å². The molecular weight excluding hydrogens is 292 g/mol. The van der Waals surface area contributed by atoms with Crippen LogP contribution in [-0.4, -0.2) is 30.9 Å². The summed E-state index contributed by atoms with van der Waals surface area (Å²) in [6, 6.07) is 2.85. The zero-order chi connectivity index (χ0) is 13.2. The number of nitrogens with zero attached hydrogens (tertiary/aromatic N) is 1. The van der Waals surface area contributed by atoms with Crippen molar-refractivity contribution in [1.29, 1.82) is 0 Å². The van der Waals surface area contributed by atoms with Crippen molar-refractivity contribution in [2.45, 2.75) is 35.4 Å². The van der Waals surface area contributed by atoms with Crippen molar-refractivity contribution in [3.8, 4) is 0 Å². The first kappa shape index (κ1) is 14.1. The first-order valence-corrected chi connectivity index (χ1v) is 8.83. The summed E-state index contributed by atoms with van der Waals surface area (Å²) in [7, 11) is -3.48. The van der Waals surface area contributed by atoms with Crippen LogP contribution in [0.15, 0.2) is 23.2 Å². The van der Waals surface area contributed by atoms with Crippen molar-refractivity contribution in [3.63, 3.8) is 0 Å². The van der Waals surface area contributed by atoms with Gasteiger partial charge in [0.1, 0.15) is 5.15 Å². The average Bonchev–Trinajstić information content (AvgIpc) is 2.76. The second-order valence-electron chi connectivity index (χ2n) is 4.30. The lowest BCUT2D eigenvalue weighted by molar-refractivity contribution is 0.552. The fourth-order valence-electron chi connectivity index (χ4n) is 2.10. The van der Waals surface area contributed by atoms with Crippen LogP contribution in [0.5, 0.6) is 0 Å². The minimum absolute atomic E-state index is 0.0272. The van der Waals surface area contributed by atoms with E-state index in [-0.39, 0.29) is 16.1 Å². The average molecular weight is 307 g/mol. The highest BCUT2D eigenvalue weighted by molar-refractivity contribution is 7.99. The first-order chi connectivity index (χ1) is 8.51. The standard InChI is InChI=1S/C11H15ClN2O2S2/c1-17-9-3-2-8(6-9)14-18(15,16)10-4-5-13-11(12)7-10/h4-5,7-9,14H,2-3,6H2,1H3. The fourth-order valence-corrected chi connectivity index (χ4v) is 4.43. The Balaban J connectivity index is 2.09. The van der Waals surface area contributed by atoms with Gasteiger partial charge in [0.25, 0.3) is 0 Å². The Hall–Kier alpha value is -0.300. The summed E-state index contributed by atoms with van der Waals surface area (Å²) in [6.07, 6.45) is 6.30. The summed E-state index contributed by atoms with van der Waals surface area (Å²) < 4.78 is 27.0. The summed E-state index contributed by atoms with van der Waals surface area (Å²) in [6.45, 7) is 0. The van der Waals surface area contributed by atoms with E-state index in [2.05, 4.69) is 16.0 Å². The normalized spacial score (nSPS) is 24.3. The van der Waals surface area contributed by atoms with E-state index in [0.717, 1.165) is 19.3 Å². The van der Waals surface area contributed by atoms with E-state index >= 15 is 0 Å². The van der Waals surface area contributed by atoms with Gasteiger partial charge in [-0.05, 0) is 37.7 Å². The molecule has 2 rings (SSSR count). The highest BCUT2D eigenvalue weighted by atomic mass is 35.5. The van der Waals surface area contributed by atoms with E-state index in [9.17, 15) is 8.42 Å². The van der Waals surface area contributed by atoms with Gasteiger partial charge in [-0.1, -0.05) is 11.6 Å². The fraction of sp³-hybridized carbons (Fsp3) is 0.545. The van der Waals surface area contributed by atoms with Gasteiger partial charge in [0.15, 0.2) is 0 Å². The Morgan fingerprint density at radius 1 is 1.50 bits per heavy atom. The van der Waals surface area contributed by atoms with Gasteiger partial charge in [0, 0.05) is 17.5 Å². The Bertz CT molecular complexity index is 522. The van der Waals surface area contributed by atoms with Crippen LogP contribution in [0.4, 0.5) is 0 Å². The number of nitrogens with one attached hydrogen (secondary N) is 1. The van der Waals surface area contributed by atoms with Crippen LogP contribution in [0, 0.1) is 0 Å². The number of pyridine rings is 1. The van der Waals surface area contributed by atoms with Gasteiger partial charge in [0.05, 0.1) is 4.90 Å². The molecule has 1 N–H and O–H groups in total. The van der Waals surface area contributed by atoms with Crippen molar-refractivity contribution in [2.75, 3.05) is 6.26 Å². The number of thioether (sulfide) groups is 1. The molecule has 1 aliphatic carbocycles. The Morgan fingerprint density at radius 2 is 2.28 bits per heavy atom. The predicted octanol–water partition coefficient (Wildman–Crippen LogP) is 2.30. The van der Waals surface area contributed by atoms with Crippen LogP contribution in [0.3, 0.4) is 0 Å². The summed E-state index contributed by atoms with van der Waals surface area (Å²) in [5, 5.41) is 0.741. The minimum Gasteiger partial charge on any atom is -0.244 e.